The van der Waals surface area contributed by atoms with Crippen molar-refractivity contribution in [3.63, 3.8) is 0 Å². The Morgan fingerprint density at radius 3 is 2.86 bits per heavy atom. The number of esters is 1. The third kappa shape index (κ3) is 4.67. The van der Waals surface area contributed by atoms with Crippen molar-refractivity contribution in [2.45, 2.75) is 38.8 Å². The molecule has 0 radical (unpaired) electrons. The van der Waals surface area contributed by atoms with Crippen LogP contribution in [0, 0.1) is 0 Å². The summed E-state index contributed by atoms with van der Waals surface area (Å²) in [5.74, 6) is -0.990. The summed E-state index contributed by atoms with van der Waals surface area (Å²) in [6.45, 7) is 4.50. The monoisotopic (exact) mass is 515 g/mol. The van der Waals surface area contributed by atoms with Gasteiger partial charge in [-0.15, -0.1) is 0 Å². The molecule has 4 heterocycles. The molecule has 10 nitrogen and oxygen atoms in total. The van der Waals surface area contributed by atoms with Gasteiger partial charge in [0, 0.05) is 25.3 Å². The van der Waals surface area contributed by atoms with Gasteiger partial charge in [0.25, 0.3) is 11.5 Å². The molecule has 0 bridgehead atoms. The smallest absolute Gasteiger partial charge is 0.308 e. The number of piperazine rings is 1. The summed E-state index contributed by atoms with van der Waals surface area (Å²) in [6.07, 6.45) is 3.59. The fraction of sp³-hybridized carbons (Fsp3) is 0.391. The van der Waals surface area contributed by atoms with Crippen LogP contribution in [0.5, 0.6) is 0 Å². The molecule has 2 aliphatic heterocycles. The molecule has 0 aliphatic carbocycles. The van der Waals surface area contributed by atoms with E-state index >= 15 is 0 Å². The van der Waals surface area contributed by atoms with Gasteiger partial charge in [0.15, 0.2) is 0 Å². The maximum atomic E-state index is 13.6. The fourth-order valence-corrected chi connectivity index (χ4v) is 5.47. The van der Waals surface area contributed by atoms with Crippen LogP contribution in [0.4, 0.5) is 5.82 Å². The minimum absolute atomic E-state index is 0.0843. The standard InChI is InChI=1S/C23H25N5O5S2/c1-4-13(2)28-22(32)16(35-23(28)34)11-14-19(25-17-7-5-6-9-27(17)21(14)31)26-10-8-24-20(30)15(26)12-18(29)33-3/h5-7,9,11,13,15H,4,8,10,12H2,1-3H3,(H,24,30)/b16-11-/t13-,15+/m0/s1. The number of methoxy groups -OCH3 is 1. The Kier molecular flexibility index (Phi) is 7.22. The van der Waals surface area contributed by atoms with Crippen molar-refractivity contribution in [2.75, 3.05) is 25.1 Å². The number of hydrogen-bond acceptors (Lipinski definition) is 9. The normalized spacial score (nSPS) is 20.5. The van der Waals surface area contributed by atoms with Gasteiger partial charge in [0.05, 0.1) is 24.0 Å². The molecule has 2 amide bonds. The molecule has 35 heavy (non-hydrogen) atoms. The molecule has 0 unspecified atom stereocenters. The van der Waals surface area contributed by atoms with Crippen LogP contribution in [-0.2, 0) is 19.1 Å². The number of rotatable bonds is 6. The summed E-state index contributed by atoms with van der Waals surface area (Å²) in [5.41, 5.74) is 0.115. The Morgan fingerprint density at radius 1 is 1.37 bits per heavy atom. The number of nitrogens with zero attached hydrogens (tertiary/aromatic N) is 4. The zero-order chi connectivity index (χ0) is 25.3. The molecule has 12 heteroatoms. The van der Waals surface area contributed by atoms with E-state index < -0.39 is 17.6 Å². The van der Waals surface area contributed by atoms with Crippen molar-refractivity contribution < 1.29 is 19.1 Å². The highest BCUT2D eigenvalue weighted by atomic mass is 32.2. The molecule has 2 saturated heterocycles. The first-order chi connectivity index (χ1) is 16.8. The summed E-state index contributed by atoms with van der Waals surface area (Å²) >= 11 is 6.56. The lowest BCUT2D eigenvalue weighted by atomic mass is 10.1. The first-order valence-electron chi connectivity index (χ1n) is 11.2. The zero-order valence-electron chi connectivity index (χ0n) is 19.5. The number of amides is 2. The van der Waals surface area contributed by atoms with Crippen LogP contribution in [0.25, 0.3) is 11.7 Å². The van der Waals surface area contributed by atoms with E-state index in [0.717, 1.165) is 18.2 Å². The first kappa shape index (κ1) is 24.9. The molecule has 4 rings (SSSR count). The van der Waals surface area contributed by atoms with E-state index in [1.165, 1.54) is 17.6 Å². The minimum Gasteiger partial charge on any atom is -0.469 e. The molecule has 0 aromatic carbocycles. The number of thiocarbonyl (C=S) groups is 1. The van der Waals surface area contributed by atoms with Crippen LogP contribution in [-0.4, -0.2) is 68.7 Å². The van der Waals surface area contributed by atoms with Crippen molar-refractivity contribution in [3.8, 4) is 0 Å². The highest BCUT2D eigenvalue weighted by molar-refractivity contribution is 8.26. The summed E-state index contributed by atoms with van der Waals surface area (Å²) in [6, 6.07) is 4.12. The SMILES string of the molecule is CC[C@H](C)N1C(=O)/C(=C/c2c(N3CCNC(=O)[C@H]3CC(=O)OC)nc3ccccn3c2=O)SC1=S. The predicted octanol–water partition coefficient (Wildman–Crippen LogP) is 1.56. The lowest BCUT2D eigenvalue weighted by Gasteiger charge is -2.36. The van der Waals surface area contributed by atoms with E-state index in [2.05, 4.69) is 10.3 Å². The van der Waals surface area contributed by atoms with Gasteiger partial charge in [0.1, 0.15) is 21.8 Å². The van der Waals surface area contributed by atoms with E-state index in [9.17, 15) is 19.2 Å². The van der Waals surface area contributed by atoms with Crippen molar-refractivity contribution >= 4 is 63.6 Å². The molecule has 1 N–H and O–H groups in total. The van der Waals surface area contributed by atoms with Gasteiger partial charge in [-0.1, -0.05) is 37.0 Å². The molecular weight excluding hydrogens is 490 g/mol. The molecule has 2 atom stereocenters. The summed E-state index contributed by atoms with van der Waals surface area (Å²) < 4.78 is 6.58. The number of carbonyl (C=O) groups excluding carboxylic acids is 3. The second-order valence-electron chi connectivity index (χ2n) is 8.17. The number of nitrogens with one attached hydrogen (secondary N) is 1. The van der Waals surface area contributed by atoms with Gasteiger partial charge >= 0.3 is 5.97 Å². The quantitative estimate of drug-likeness (QED) is 0.348. The fourth-order valence-electron chi connectivity index (χ4n) is 4.02. The number of carbonyl (C=O) groups is 3. The maximum absolute atomic E-state index is 13.6. The molecule has 2 aromatic rings. The van der Waals surface area contributed by atoms with Gasteiger partial charge in [0.2, 0.25) is 5.91 Å². The maximum Gasteiger partial charge on any atom is 0.308 e. The van der Waals surface area contributed by atoms with Crippen LogP contribution in [0.3, 0.4) is 0 Å². The Hall–Kier alpha value is -3.25. The van der Waals surface area contributed by atoms with Gasteiger partial charge < -0.3 is 15.0 Å². The average molecular weight is 516 g/mol. The molecule has 2 fully saturated rings. The van der Waals surface area contributed by atoms with Crippen LogP contribution < -0.4 is 15.8 Å². The van der Waals surface area contributed by atoms with E-state index in [-0.39, 0.29) is 35.7 Å². The van der Waals surface area contributed by atoms with Crippen LogP contribution in [0.1, 0.15) is 32.3 Å². The van der Waals surface area contributed by atoms with Gasteiger partial charge in [-0.3, -0.25) is 28.5 Å². The number of fused-ring (bicyclic) bond motifs is 1. The zero-order valence-corrected chi connectivity index (χ0v) is 21.1. The topological polar surface area (TPSA) is 113 Å². The van der Waals surface area contributed by atoms with E-state index in [4.69, 9.17) is 17.0 Å². The van der Waals surface area contributed by atoms with E-state index in [1.54, 1.807) is 34.2 Å². The van der Waals surface area contributed by atoms with Crippen molar-refractivity contribution in [1.82, 2.24) is 19.6 Å². The number of pyridine rings is 1. The molecule has 0 saturated carbocycles. The highest BCUT2D eigenvalue weighted by Gasteiger charge is 2.37. The van der Waals surface area contributed by atoms with Gasteiger partial charge in [-0.2, -0.15) is 0 Å². The molecule has 2 aliphatic rings. The Bertz CT molecular complexity index is 1310. The van der Waals surface area contributed by atoms with Gasteiger partial charge in [-0.05, 0) is 31.6 Å². The van der Waals surface area contributed by atoms with E-state index in [0.29, 0.717) is 28.0 Å². The second kappa shape index (κ2) is 10.2. The second-order valence-corrected chi connectivity index (χ2v) is 9.85. The molecular formula is C23H25N5O5S2. The number of aromatic nitrogens is 2. The van der Waals surface area contributed by atoms with Crippen LogP contribution in [0.15, 0.2) is 34.1 Å². The molecule has 0 spiro atoms. The van der Waals surface area contributed by atoms with E-state index in [1.807, 2.05) is 13.8 Å². The van der Waals surface area contributed by atoms with Crippen molar-refractivity contribution in [1.29, 1.82) is 0 Å². The Labute approximate surface area is 211 Å². The predicted molar refractivity (Wildman–Crippen MR) is 137 cm³/mol. The van der Waals surface area contributed by atoms with Crippen molar-refractivity contribution in [3.05, 3.63) is 45.2 Å². The summed E-state index contributed by atoms with van der Waals surface area (Å²) in [4.78, 5) is 59.7. The lowest BCUT2D eigenvalue weighted by Crippen LogP contribution is -2.57. The largest absolute Gasteiger partial charge is 0.469 e. The third-order valence-corrected chi connectivity index (χ3v) is 7.40. The average Bonchev–Trinajstić information content (AvgIpc) is 3.14. The lowest BCUT2D eigenvalue weighted by molar-refractivity contribution is -0.143. The Morgan fingerprint density at radius 2 is 2.14 bits per heavy atom. The Balaban J connectivity index is 1.89. The van der Waals surface area contributed by atoms with Crippen LogP contribution in [0.2, 0.25) is 0 Å². The minimum atomic E-state index is -0.920. The van der Waals surface area contributed by atoms with Crippen molar-refractivity contribution in [2.24, 2.45) is 0 Å². The summed E-state index contributed by atoms with van der Waals surface area (Å²) in [5, 5.41) is 2.75. The van der Waals surface area contributed by atoms with Gasteiger partial charge in [-0.25, -0.2) is 4.98 Å². The summed E-state index contributed by atoms with van der Waals surface area (Å²) in [7, 11) is 1.25. The molecule has 184 valence electrons. The van der Waals surface area contributed by atoms with Crippen LogP contribution >= 0.6 is 24.0 Å². The number of thioether (sulfide) groups is 1. The molecule has 2 aromatic heterocycles. The number of anilines is 1. The first-order valence-corrected chi connectivity index (χ1v) is 12.4. The number of hydrogen-bond donors (Lipinski definition) is 1. The third-order valence-electron chi connectivity index (χ3n) is 6.07. The highest BCUT2D eigenvalue weighted by Crippen LogP contribution is 2.35. The number of ether oxygens (including phenoxy) is 1.